The van der Waals surface area contributed by atoms with Gasteiger partial charge < -0.3 is 4.74 Å². The minimum atomic E-state index is -4.43. The monoisotopic (exact) mass is 380 g/mol. The molecule has 0 aliphatic carbocycles. The van der Waals surface area contributed by atoms with Gasteiger partial charge in [0.05, 0.1) is 0 Å². The molecule has 0 amide bonds. The van der Waals surface area contributed by atoms with Gasteiger partial charge in [-0.1, -0.05) is 103 Å². The number of esters is 1. The molecule has 0 fully saturated rings. The van der Waals surface area contributed by atoms with E-state index in [0.717, 1.165) is 19.3 Å². The van der Waals surface area contributed by atoms with Crippen LogP contribution in [0.5, 0.6) is 0 Å². The van der Waals surface area contributed by atoms with E-state index >= 15 is 0 Å². The van der Waals surface area contributed by atoms with E-state index in [9.17, 15) is 18.0 Å². The summed E-state index contributed by atoms with van der Waals surface area (Å²) in [6.45, 7) is 0.781. The first-order chi connectivity index (χ1) is 12.5. The van der Waals surface area contributed by atoms with Crippen LogP contribution in [0.25, 0.3) is 0 Å². The molecule has 0 rings (SSSR count). The molecule has 2 nitrogen and oxygen atoms in total. The number of carbonyl (C=O) groups excluding carboxylic acids is 1. The molecule has 0 saturated heterocycles. The Morgan fingerprint density at radius 3 is 1.35 bits per heavy atom. The van der Waals surface area contributed by atoms with Crippen LogP contribution < -0.4 is 0 Å². The smallest absolute Gasteiger partial charge is 0.422 e. The molecule has 0 aliphatic heterocycles. The number of carbonyl (C=O) groups is 1. The third-order valence-electron chi connectivity index (χ3n) is 4.63. The summed E-state index contributed by atoms with van der Waals surface area (Å²) in [5.41, 5.74) is 0. The van der Waals surface area contributed by atoms with E-state index < -0.39 is 18.8 Å². The van der Waals surface area contributed by atoms with E-state index in [4.69, 9.17) is 0 Å². The standard InChI is InChI=1S/C21H39F3O2/c1-2-3-4-5-6-7-8-9-10-11-12-13-14-15-16-17-18-20(25)26-19-21(22,23)24/h2-19H2,1H3. The third-order valence-corrected chi connectivity index (χ3v) is 4.63. The van der Waals surface area contributed by atoms with E-state index in [1.54, 1.807) is 0 Å². The molecule has 0 spiro atoms. The summed E-state index contributed by atoms with van der Waals surface area (Å²) in [4.78, 5) is 11.1. The Bertz CT molecular complexity index is 317. The Balaban J connectivity index is 3.14. The van der Waals surface area contributed by atoms with Gasteiger partial charge in [0.25, 0.3) is 0 Å². The van der Waals surface area contributed by atoms with Crippen LogP contribution in [0.1, 0.15) is 116 Å². The summed E-state index contributed by atoms with van der Waals surface area (Å²) in [6.07, 6.45) is 15.5. The molecule has 0 aromatic carbocycles. The maximum atomic E-state index is 11.9. The summed E-state index contributed by atoms with van der Waals surface area (Å²) in [6, 6.07) is 0. The maximum Gasteiger partial charge on any atom is 0.422 e. The second-order valence-electron chi connectivity index (χ2n) is 7.33. The van der Waals surface area contributed by atoms with Crippen molar-refractivity contribution in [1.29, 1.82) is 0 Å². The van der Waals surface area contributed by atoms with Crippen LogP contribution in [0.2, 0.25) is 0 Å². The average Bonchev–Trinajstić information content (AvgIpc) is 2.59. The highest BCUT2D eigenvalue weighted by Gasteiger charge is 2.29. The molecule has 0 unspecified atom stereocenters. The fraction of sp³-hybridized carbons (Fsp3) is 0.952. The fourth-order valence-electron chi connectivity index (χ4n) is 3.05. The number of alkyl halides is 3. The summed E-state index contributed by atoms with van der Waals surface area (Å²) in [5.74, 6) is -0.743. The van der Waals surface area contributed by atoms with Gasteiger partial charge in [-0.15, -0.1) is 0 Å². The van der Waals surface area contributed by atoms with Crippen molar-refractivity contribution in [2.75, 3.05) is 6.61 Å². The molecule has 0 heterocycles. The zero-order valence-electron chi connectivity index (χ0n) is 16.7. The lowest BCUT2D eigenvalue weighted by Crippen LogP contribution is -2.20. The van der Waals surface area contributed by atoms with Crippen LogP contribution in [0.4, 0.5) is 13.2 Å². The molecule has 0 aliphatic rings. The van der Waals surface area contributed by atoms with Crippen molar-refractivity contribution in [2.45, 2.75) is 122 Å². The molecule has 5 heteroatoms. The molecule has 156 valence electrons. The van der Waals surface area contributed by atoms with Crippen molar-refractivity contribution in [3.05, 3.63) is 0 Å². The quantitative estimate of drug-likeness (QED) is 0.179. The van der Waals surface area contributed by atoms with Gasteiger partial charge in [-0.2, -0.15) is 13.2 Å². The van der Waals surface area contributed by atoms with Gasteiger partial charge in [-0.25, -0.2) is 0 Å². The van der Waals surface area contributed by atoms with Crippen LogP contribution in [0.15, 0.2) is 0 Å². The number of hydrogen-bond acceptors (Lipinski definition) is 2. The Kier molecular flexibility index (Phi) is 17.2. The van der Waals surface area contributed by atoms with Gasteiger partial charge in [0.15, 0.2) is 6.61 Å². The average molecular weight is 381 g/mol. The van der Waals surface area contributed by atoms with E-state index in [1.165, 1.54) is 77.0 Å². The summed E-state index contributed by atoms with van der Waals surface area (Å²) in [5, 5.41) is 0. The number of hydrogen-bond donors (Lipinski definition) is 0. The van der Waals surface area contributed by atoms with Crippen molar-refractivity contribution in [3.8, 4) is 0 Å². The van der Waals surface area contributed by atoms with E-state index in [-0.39, 0.29) is 6.42 Å². The first-order valence-corrected chi connectivity index (χ1v) is 10.7. The number of unbranched alkanes of at least 4 members (excludes halogenated alkanes) is 15. The normalized spacial score (nSPS) is 11.7. The Morgan fingerprint density at radius 2 is 1.00 bits per heavy atom. The molecular formula is C21H39F3O2. The van der Waals surface area contributed by atoms with Crippen molar-refractivity contribution >= 4 is 5.97 Å². The second kappa shape index (κ2) is 17.7. The van der Waals surface area contributed by atoms with E-state index in [1.807, 2.05) is 0 Å². The molecular weight excluding hydrogens is 341 g/mol. The van der Waals surface area contributed by atoms with Crippen molar-refractivity contribution < 1.29 is 22.7 Å². The maximum absolute atomic E-state index is 11.9. The highest BCUT2D eigenvalue weighted by molar-refractivity contribution is 5.69. The highest BCUT2D eigenvalue weighted by Crippen LogP contribution is 2.16. The largest absolute Gasteiger partial charge is 0.456 e. The fourth-order valence-corrected chi connectivity index (χ4v) is 3.05. The minimum absolute atomic E-state index is 0.0918. The van der Waals surface area contributed by atoms with Crippen LogP contribution in [-0.4, -0.2) is 18.8 Å². The second-order valence-corrected chi connectivity index (χ2v) is 7.33. The van der Waals surface area contributed by atoms with Gasteiger partial charge in [-0.3, -0.25) is 4.79 Å². The number of ether oxygens (including phenoxy) is 1. The summed E-state index contributed by atoms with van der Waals surface area (Å²) >= 11 is 0. The zero-order chi connectivity index (χ0) is 19.5. The topological polar surface area (TPSA) is 26.3 Å². The third kappa shape index (κ3) is 21.3. The number of halogens is 3. The van der Waals surface area contributed by atoms with Crippen LogP contribution >= 0.6 is 0 Å². The first kappa shape index (κ1) is 25.3. The summed E-state index contributed by atoms with van der Waals surface area (Å²) in [7, 11) is 0. The lowest BCUT2D eigenvalue weighted by atomic mass is 10.0. The Hall–Kier alpha value is -0.740. The predicted molar refractivity (Wildman–Crippen MR) is 101 cm³/mol. The van der Waals surface area contributed by atoms with Crippen molar-refractivity contribution in [3.63, 3.8) is 0 Å². The molecule has 0 saturated carbocycles. The van der Waals surface area contributed by atoms with Crippen molar-refractivity contribution in [2.24, 2.45) is 0 Å². The van der Waals surface area contributed by atoms with Crippen LogP contribution in [0, 0.1) is 0 Å². The Morgan fingerprint density at radius 1 is 0.654 bits per heavy atom. The van der Waals surface area contributed by atoms with Gasteiger partial charge >= 0.3 is 12.1 Å². The summed E-state index contributed by atoms with van der Waals surface area (Å²) < 4.78 is 39.8. The van der Waals surface area contributed by atoms with Crippen molar-refractivity contribution in [1.82, 2.24) is 0 Å². The zero-order valence-corrected chi connectivity index (χ0v) is 16.7. The van der Waals surface area contributed by atoms with Gasteiger partial charge in [-0.05, 0) is 6.42 Å². The first-order valence-electron chi connectivity index (χ1n) is 10.7. The van der Waals surface area contributed by atoms with Gasteiger partial charge in [0, 0.05) is 6.42 Å². The predicted octanol–water partition coefficient (Wildman–Crippen LogP) is 7.74. The highest BCUT2D eigenvalue weighted by atomic mass is 19.4. The molecule has 0 aromatic heterocycles. The lowest BCUT2D eigenvalue weighted by Gasteiger charge is -2.07. The number of rotatable bonds is 18. The Labute approximate surface area is 158 Å². The molecule has 0 bridgehead atoms. The molecule has 0 radical (unpaired) electrons. The van der Waals surface area contributed by atoms with Gasteiger partial charge in [0.1, 0.15) is 0 Å². The molecule has 0 aromatic rings. The molecule has 26 heavy (non-hydrogen) atoms. The van der Waals surface area contributed by atoms with Crippen LogP contribution in [0.3, 0.4) is 0 Å². The van der Waals surface area contributed by atoms with E-state index in [2.05, 4.69) is 11.7 Å². The van der Waals surface area contributed by atoms with Crippen LogP contribution in [-0.2, 0) is 9.53 Å². The SMILES string of the molecule is CCCCCCCCCCCCCCCCCCC(=O)OCC(F)(F)F. The minimum Gasteiger partial charge on any atom is -0.456 e. The molecule has 0 atom stereocenters. The van der Waals surface area contributed by atoms with Gasteiger partial charge in [0.2, 0.25) is 0 Å². The van der Waals surface area contributed by atoms with E-state index in [0.29, 0.717) is 6.42 Å². The molecule has 0 N–H and O–H groups in total. The lowest BCUT2D eigenvalue weighted by molar-refractivity contribution is -0.186.